The van der Waals surface area contributed by atoms with Crippen molar-refractivity contribution in [3.63, 3.8) is 0 Å². The van der Waals surface area contributed by atoms with Gasteiger partial charge in [-0.2, -0.15) is 0 Å². The lowest BCUT2D eigenvalue weighted by molar-refractivity contribution is -0.141. The van der Waals surface area contributed by atoms with Crippen LogP contribution in [0.1, 0.15) is 12.7 Å². The normalized spacial score (nSPS) is 25.5. The van der Waals surface area contributed by atoms with E-state index in [4.69, 9.17) is 9.15 Å². The van der Waals surface area contributed by atoms with Crippen LogP contribution in [0.2, 0.25) is 0 Å². The molecule has 0 bridgehead atoms. The molecule has 2 saturated heterocycles. The molecule has 8 nitrogen and oxygen atoms in total. The number of nitrogens with zero attached hydrogens (tertiary/aromatic N) is 2. The van der Waals surface area contributed by atoms with Gasteiger partial charge in [-0.1, -0.05) is 0 Å². The Morgan fingerprint density at radius 1 is 1.36 bits per heavy atom. The molecule has 1 aromatic rings. The van der Waals surface area contributed by atoms with E-state index < -0.39 is 17.5 Å². The van der Waals surface area contributed by atoms with E-state index in [0.717, 1.165) is 4.90 Å². The number of amides is 4. The van der Waals surface area contributed by atoms with E-state index in [1.54, 1.807) is 24.0 Å². The van der Waals surface area contributed by atoms with Crippen LogP contribution in [0, 0.1) is 0 Å². The van der Waals surface area contributed by atoms with Crippen LogP contribution < -0.4 is 5.32 Å². The van der Waals surface area contributed by atoms with Crippen molar-refractivity contribution in [3.8, 4) is 0 Å². The van der Waals surface area contributed by atoms with Crippen LogP contribution in [0.4, 0.5) is 4.79 Å². The Morgan fingerprint density at radius 3 is 2.73 bits per heavy atom. The predicted molar refractivity (Wildman–Crippen MR) is 73.7 cm³/mol. The van der Waals surface area contributed by atoms with Crippen LogP contribution in [0.3, 0.4) is 0 Å². The molecule has 1 aromatic heterocycles. The lowest BCUT2D eigenvalue weighted by Gasteiger charge is -2.28. The third-order valence-corrected chi connectivity index (χ3v) is 3.95. The van der Waals surface area contributed by atoms with Gasteiger partial charge in [-0.25, -0.2) is 4.79 Å². The molecular weight excluding hydrogens is 290 g/mol. The zero-order valence-electron chi connectivity index (χ0n) is 12.2. The van der Waals surface area contributed by atoms with Crippen molar-refractivity contribution >= 4 is 17.8 Å². The minimum atomic E-state index is -1.27. The summed E-state index contributed by atoms with van der Waals surface area (Å²) in [7, 11) is 0. The highest BCUT2D eigenvalue weighted by Gasteiger charge is 2.51. The van der Waals surface area contributed by atoms with Gasteiger partial charge in [0.1, 0.15) is 12.3 Å². The number of nitrogens with one attached hydrogen (secondary N) is 1. The maximum atomic E-state index is 12.5. The molecule has 1 atom stereocenters. The average molecular weight is 307 g/mol. The number of urea groups is 1. The van der Waals surface area contributed by atoms with Crippen LogP contribution in [-0.2, 0) is 19.9 Å². The van der Waals surface area contributed by atoms with Crippen molar-refractivity contribution in [1.29, 1.82) is 0 Å². The Morgan fingerprint density at radius 2 is 2.09 bits per heavy atom. The zero-order chi connectivity index (χ0) is 15.7. The fraction of sp³-hybridized carbons (Fsp3) is 0.500. The lowest BCUT2D eigenvalue weighted by atomic mass is 9.99. The summed E-state index contributed by atoms with van der Waals surface area (Å²) in [5, 5.41) is 2.59. The van der Waals surface area contributed by atoms with Crippen LogP contribution in [0.25, 0.3) is 0 Å². The van der Waals surface area contributed by atoms with Crippen LogP contribution in [0.15, 0.2) is 22.8 Å². The first-order chi connectivity index (χ1) is 10.5. The summed E-state index contributed by atoms with van der Waals surface area (Å²) >= 11 is 0. The van der Waals surface area contributed by atoms with Crippen molar-refractivity contribution < 1.29 is 23.5 Å². The molecule has 0 saturated carbocycles. The molecule has 118 valence electrons. The summed E-state index contributed by atoms with van der Waals surface area (Å²) in [5.74, 6) is -0.420. The summed E-state index contributed by atoms with van der Waals surface area (Å²) in [6, 6.07) is 2.66. The Balaban J connectivity index is 1.73. The van der Waals surface area contributed by atoms with Gasteiger partial charge in [-0.15, -0.1) is 0 Å². The first kappa shape index (κ1) is 14.6. The summed E-state index contributed by atoms with van der Waals surface area (Å²) < 4.78 is 10.4. The van der Waals surface area contributed by atoms with E-state index >= 15 is 0 Å². The molecule has 0 radical (unpaired) electrons. The number of ether oxygens (including phenoxy) is 1. The average Bonchev–Trinajstić information content (AvgIpc) is 3.13. The molecule has 3 heterocycles. The standard InChI is InChI=1S/C14H17N3O5/c1-14(10-3-2-6-22-10)12(19)17(13(20)15-14)9-11(18)16-4-7-21-8-5-16/h2-3,6H,4-5,7-9H2,1H3,(H,15,20). The van der Waals surface area contributed by atoms with Crippen molar-refractivity contribution in [3.05, 3.63) is 24.2 Å². The molecule has 2 aliphatic heterocycles. The van der Waals surface area contributed by atoms with Gasteiger partial charge < -0.3 is 19.4 Å². The van der Waals surface area contributed by atoms with Crippen molar-refractivity contribution in [1.82, 2.24) is 15.1 Å². The number of imide groups is 1. The maximum absolute atomic E-state index is 12.5. The Bertz CT molecular complexity index is 594. The Labute approximate surface area is 127 Å². The van der Waals surface area contributed by atoms with E-state index in [9.17, 15) is 14.4 Å². The number of carbonyl (C=O) groups excluding carboxylic acids is 3. The highest BCUT2D eigenvalue weighted by molar-refractivity contribution is 6.08. The first-order valence-electron chi connectivity index (χ1n) is 7.06. The van der Waals surface area contributed by atoms with Crippen molar-refractivity contribution in [2.24, 2.45) is 0 Å². The predicted octanol–water partition coefficient (Wildman–Crippen LogP) is -0.0946. The monoisotopic (exact) mass is 307 g/mol. The smallest absolute Gasteiger partial charge is 0.325 e. The van der Waals surface area contributed by atoms with Crippen molar-refractivity contribution in [2.75, 3.05) is 32.8 Å². The van der Waals surface area contributed by atoms with E-state index in [0.29, 0.717) is 32.1 Å². The van der Waals surface area contributed by atoms with Crippen LogP contribution in [-0.4, -0.2) is 60.5 Å². The summed E-state index contributed by atoms with van der Waals surface area (Å²) in [6.07, 6.45) is 1.43. The maximum Gasteiger partial charge on any atom is 0.325 e. The molecule has 1 N–H and O–H groups in total. The Kier molecular flexibility index (Phi) is 3.61. The molecular formula is C14H17N3O5. The minimum absolute atomic E-state index is 0.268. The molecule has 1 unspecified atom stereocenters. The van der Waals surface area contributed by atoms with E-state index in [2.05, 4.69) is 5.32 Å². The van der Waals surface area contributed by atoms with Gasteiger partial charge in [0.2, 0.25) is 5.91 Å². The molecule has 4 amide bonds. The van der Waals surface area contributed by atoms with E-state index in [-0.39, 0.29) is 12.5 Å². The quantitative estimate of drug-likeness (QED) is 0.788. The lowest BCUT2D eigenvalue weighted by Crippen LogP contribution is -2.47. The fourth-order valence-electron chi connectivity index (χ4n) is 2.62. The van der Waals surface area contributed by atoms with Crippen molar-refractivity contribution in [2.45, 2.75) is 12.5 Å². The highest BCUT2D eigenvalue weighted by Crippen LogP contribution is 2.28. The minimum Gasteiger partial charge on any atom is -0.466 e. The highest BCUT2D eigenvalue weighted by atomic mass is 16.5. The Hall–Kier alpha value is -2.35. The van der Waals surface area contributed by atoms with Crippen LogP contribution in [0.5, 0.6) is 0 Å². The van der Waals surface area contributed by atoms with Gasteiger partial charge in [0.15, 0.2) is 5.54 Å². The number of hydrogen-bond acceptors (Lipinski definition) is 5. The molecule has 3 rings (SSSR count). The number of rotatable bonds is 3. The number of carbonyl (C=O) groups is 3. The van der Waals surface area contributed by atoms with Gasteiger partial charge in [0.25, 0.3) is 5.91 Å². The van der Waals surface area contributed by atoms with E-state index in [1.165, 1.54) is 6.26 Å². The second-order valence-corrected chi connectivity index (χ2v) is 5.42. The second-order valence-electron chi connectivity index (χ2n) is 5.42. The number of morpholine rings is 1. The largest absolute Gasteiger partial charge is 0.466 e. The number of hydrogen-bond donors (Lipinski definition) is 1. The van der Waals surface area contributed by atoms with Gasteiger partial charge in [0, 0.05) is 13.1 Å². The molecule has 0 aliphatic carbocycles. The first-order valence-corrected chi connectivity index (χ1v) is 7.06. The molecule has 8 heteroatoms. The molecule has 2 fully saturated rings. The second kappa shape index (κ2) is 5.45. The summed E-state index contributed by atoms with van der Waals surface area (Å²) in [5.41, 5.74) is -1.27. The fourth-order valence-corrected chi connectivity index (χ4v) is 2.62. The summed E-state index contributed by atoms with van der Waals surface area (Å²) in [6.45, 7) is 3.16. The van der Waals surface area contributed by atoms with Gasteiger partial charge >= 0.3 is 6.03 Å². The third-order valence-electron chi connectivity index (χ3n) is 3.95. The SMILES string of the molecule is CC1(c2ccco2)NC(=O)N(CC(=O)N2CCOCC2)C1=O. The number of furan rings is 1. The summed E-state index contributed by atoms with van der Waals surface area (Å²) in [4.78, 5) is 39.3. The van der Waals surface area contributed by atoms with E-state index in [1.807, 2.05) is 0 Å². The molecule has 0 spiro atoms. The molecule has 0 aromatic carbocycles. The molecule has 22 heavy (non-hydrogen) atoms. The van der Waals surface area contributed by atoms with Gasteiger partial charge in [0.05, 0.1) is 19.5 Å². The van der Waals surface area contributed by atoms with Gasteiger partial charge in [-0.3, -0.25) is 14.5 Å². The third kappa shape index (κ3) is 2.35. The van der Waals surface area contributed by atoms with Crippen LogP contribution >= 0.6 is 0 Å². The topological polar surface area (TPSA) is 92.1 Å². The molecule has 2 aliphatic rings. The van der Waals surface area contributed by atoms with Gasteiger partial charge in [-0.05, 0) is 19.1 Å². The zero-order valence-corrected chi connectivity index (χ0v) is 12.2.